The summed E-state index contributed by atoms with van der Waals surface area (Å²) in [4.78, 5) is 23.1. The molecule has 0 radical (unpaired) electrons. The number of amides is 1. The zero-order chi connectivity index (χ0) is 15.5. The molecule has 1 fully saturated rings. The predicted molar refractivity (Wildman–Crippen MR) is 86.0 cm³/mol. The highest BCUT2D eigenvalue weighted by molar-refractivity contribution is 6.30. The molecule has 2 aromatic rings. The zero-order valence-corrected chi connectivity index (χ0v) is 13.0. The molecule has 6 heteroatoms. The second kappa shape index (κ2) is 6.42. The number of hydrogen-bond acceptors (Lipinski definition) is 4. The van der Waals surface area contributed by atoms with Crippen molar-refractivity contribution in [3.8, 4) is 0 Å². The molecule has 1 saturated heterocycles. The van der Waals surface area contributed by atoms with Crippen LogP contribution < -0.4 is 5.32 Å². The molecule has 1 atom stereocenters. The highest BCUT2D eigenvalue weighted by Crippen LogP contribution is 2.29. The number of likely N-dealkylation sites (tertiary alicyclic amines) is 1. The molecule has 5 nitrogen and oxygen atoms in total. The van der Waals surface area contributed by atoms with E-state index in [4.69, 9.17) is 11.6 Å². The lowest BCUT2D eigenvalue weighted by molar-refractivity contribution is 0.102. The van der Waals surface area contributed by atoms with Gasteiger partial charge in [0.1, 0.15) is 11.5 Å². The van der Waals surface area contributed by atoms with Gasteiger partial charge < -0.3 is 5.32 Å². The number of carbonyl (C=O) groups excluding carboxylic acids is 1. The molecule has 3 rings (SSSR count). The molecule has 1 amide bonds. The first-order valence-corrected chi connectivity index (χ1v) is 7.61. The van der Waals surface area contributed by atoms with Gasteiger partial charge in [0.2, 0.25) is 0 Å². The van der Waals surface area contributed by atoms with Gasteiger partial charge >= 0.3 is 0 Å². The van der Waals surface area contributed by atoms with Crippen molar-refractivity contribution in [3.63, 3.8) is 0 Å². The zero-order valence-electron chi connectivity index (χ0n) is 12.3. The Kier molecular flexibility index (Phi) is 4.36. The third kappa shape index (κ3) is 3.26. The van der Waals surface area contributed by atoms with Crippen LogP contribution in [0.15, 0.2) is 36.5 Å². The second-order valence-electron chi connectivity index (χ2n) is 5.40. The molecule has 0 saturated carbocycles. The molecule has 0 bridgehead atoms. The standard InChI is InChI=1S/C16H17ClN4O/c1-21-9-3-6-14(21)12-4-2-5-13(19-12)16(22)20-15-8-7-11(17)10-18-15/h2,4-5,7-8,10,14H,3,6,9H2,1H3,(H,18,20,22). The van der Waals surface area contributed by atoms with Crippen LogP contribution in [0.1, 0.15) is 35.1 Å². The van der Waals surface area contributed by atoms with Gasteiger partial charge in [0.05, 0.1) is 16.8 Å². The maximum atomic E-state index is 12.3. The van der Waals surface area contributed by atoms with E-state index in [1.54, 1.807) is 18.2 Å². The lowest BCUT2D eigenvalue weighted by Gasteiger charge is -2.19. The van der Waals surface area contributed by atoms with Crippen molar-refractivity contribution in [3.05, 3.63) is 52.9 Å². The molecule has 3 heterocycles. The van der Waals surface area contributed by atoms with Crippen molar-refractivity contribution < 1.29 is 4.79 Å². The van der Waals surface area contributed by atoms with Gasteiger partial charge in [-0.2, -0.15) is 0 Å². The molecule has 114 valence electrons. The summed E-state index contributed by atoms with van der Waals surface area (Å²) in [6.07, 6.45) is 3.73. The number of rotatable bonds is 3. The van der Waals surface area contributed by atoms with Crippen LogP contribution in [-0.4, -0.2) is 34.4 Å². The van der Waals surface area contributed by atoms with Crippen LogP contribution >= 0.6 is 11.6 Å². The first-order chi connectivity index (χ1) is 10.6. The Morgan fingerprint density at radius 2 is 2.23 bits per heavy atom. The van der Waals surface area contributed by atoms with E-state index in [0.717, 1.165) is 25.1 Å². The van der Waals surface area contributed by atoms with E-state index in [2.05, 4.69) is 27.2 Å². The van der Waals surface area contributed by atoms with E-state index in [1.807, 2.05) is 12.1 Å². The maximum absolute atomic E-state index is 12.3. The predicted octanol–water partition coefficient (Wildman–Crippen LogP) is 3.15. The van der Waals surface area contributed by atoms with Crippen molar-refractivity contribution in [2.45, 2.75) is 18.9 Å². The minimum Gasteiger partial charge on any atom is -0.305 e. The summed E-state index contributed by atoms with van der Waals surface area (Å²) < 4.78 is 0. The van der Waals surface area contributed by atoms with Gasteiger partial charge in [-0.3, -0.25) is 9.69 Å². The lowest BCUT2D eigenvalue weighted by atomic mass is 10.1. The highest BCUT2D eigenvalue weighted by atomic mass is 35.5. The van der Waals surface area contributed by atoms with Crippen LogP contribution in [0.25, 0.3) is 0 Å². The van der Waals surface area contributed by atoms with E-state index in [1.165, 1.54) is 6.20 Å². The highest BCUT2D eigenvalue weighted by Gasteiger charge is 2.24. The van der Waals surface area contributed by atoms with Gasteiger partial charge in [-0.05, 0) is 50.7 Å². The number of nitrogens with one attached hydrogen (secondary N) is 1. The van der Waals surface area contributed by atoms with Crippen molar-refractivity contribution >= 4 is 23.3 Å². The summed E-state index contributed by atoms with van der Waals surface area (Å²) in [5.41, 5.74) is 1.34. The summed E-state index contributed by atoms with van der Waals surface area (Å²) in [5.74, 6) is 0.192. The fourth-order valence-electron chi connectivity index (χ4n) is 2.68. The summed E-state index contributed by atoms with van der Waals surface area (Å²) in [7, 11) is 2.09. The van der Waals surface area contributed by atoms with Crippen molar-refractivity contribution in [2.75, 3.05) is 18.9 Å². The minimum atomic E-state index is -0.266. The van der Waals surface area contributed by atoms with E-state index >= 15 is 0 Å². The smallest absolute Gasteiger partial charge is 0.275 e. The SMILES string of the molecule is CN1CCCC1c1cccc(C(=O)Nc2ccc(Cl)cn2)n1. The van der Waals surface area contributed by atoms with Crippen LogP contribution in [0.2, 0.25) is 5.02 Å². The Balaban J connectivity index is 1.76. The normalized spacial score (nSPS) is 18.4. The van der Waals surface area contributed by atoms with Crippen LogP contribution in [0.4, 0.5) is 5.82 Å². The number of pyridine rings is 2. The maximum Gasteiger partial charge on any atom is 0.275 e. The number of halogens is 1. The third-order valence-electron chi connectivity index (χ3n) is 3.83. The van der Waals surface area contributed by atoms with Gasteiger partial charge in [-0.25, -0.2) is 9.97 Å². The van der Waals surface area contributed by atoms with Gasteiger partial charge in [0, 0.05) is 6.20 Å². The molecule has 2 aromatic heterocycles. The Bertz CT molecular complexity index is 674. The summed E-state index contributed by atoms with van der Waals surface area (Å²) in [5, 5.41) is 3.26. The Hall–Kier alpha value is -1.98. The number of anilines is 1. The quantitative estimate of drug-likeness (QED) is 0.945. The van der Waals surface area contributed by atoms with E-state index in [-0.39, 0.29) is 5.91 Å². The number of hydrogen-bond donors (Lipinski definition) is 1. The number of carbonyl (C=O) groups is 1. The Morgan fingerprint density at radius 3 is 2.91 bits per heavy atom. The van der Waals surface area contributed by atoms with Crippen molar-refractivity contribution in [1.29, 1.82) is 0 Å². The minimum absolute atomic E-state index is 0.266. The van der Waals surface area contributed by atoms with E-state index < -0.39 is 0 Å². The fraction of sp³-hybridized carbons (Fsp3) is 0.312. The first kappa shape index (κ1) is 14.9. The monoisotopic (exact) mass is 316 g/mol. The molecule has 1 aliphatic heterocycles. The molecule has 1 N–H and O–H groups in total. The lowest BCUT2D eigenvalue weighted by Crippen LogP contribution is -2.20. The molecule has 1 aliphatic rings. The van der Waals surface area contributed by atoms with Crippen LogP contribution in [0.3, 0.4) is 0 Å². The third-order valence-corrected chi connectivity index (χ3v) is 4.06. The van der Waals surface area contributed by atoms with Crippen LogP contribution in [0, 0.1) is 0 Å². The van der Waals surface area contributed by atoms with Crippen molar-refractivity contribution in [2.24, 2.45) is 0 Å². The average Bonchev–Trinajstić information content (AvgIpc) is 2.96. The molecular weight excluding hydrogens is 300 g/mol. The van der Waals surface area contributed by atoms with Gasteiger partial charge in [0.15, 0.2) is 0 Å². The Morgan fingerprint density at radius 1 is 1.36 bits per heavy atom. The average molecular weight is 317 g/mol. The van der Waals surface area contributed by atoms with Crippen LogP contribution in [0.5, 0.6) is 0 Å². The van der Waals surface area contributed by atoms with Crippen molar-refractivity contribution in [1.82, 2.24) is 14.9 Å². The summed E-state index contributed by atoms with van der Waals surface area (Å²) in [6, 6.07) is 9.20. The molecular formula is C16H17ClN4O. The van der Waals surface area contributed by atoms with E-state index in [0.29, 0.717) is 22.6 Å². The topological polar surface area (TPSA) is 58.1 Å². The number of aromatic nitrogens is 2. The molecule has 0 spiro atoms. The molecule has 1 unspecified atom stereocenters. The molecule has 0 aliphatic carbocycles. The summed E-state index contributed by atoms with van der Waals surface area (Å²) in [6.45, 7) is 1.07. The molecule has 0 aromatic carbocycles. The van der Waals surface area contributed by atoms with Gasteiger partial charge in [0.25, 0.3) is 5.91 Å². The second-order valence-corrected chi connectivity index (χ2v) is 5.84. The van der Waals surface area contributed by atoms with Crippen LogP contribution in [-0.2, 0) is 0 Å². The first-order valence-electron chi connectivity index (χ1n) is 7.23. The van der Waals surface area contributed by atoms with E-state index in [9.17, 15) is 4.79 Å². The number of nitrogens with zero attached hydrogens (tertiary/aromatic N) is 3. The molecule has 22 heavy (non-hydrogen) atoms. The largest absolute Gasteiger partial charge is 0.305 e. The fourth-order valence-corrected chi connectivity index (χ4v) is 2.79. The Labute approximate surface area is 134 Å². The van der Waals surface area contributed by atoms with Gasteiger partial charge in [-0.15, -0.1) is 0 Å². The summed E-state index contributed by atoms with van der Waals surface area (Å²) >= 11 is 5.78. The van der Waals surface area contributed by atoms with Gasteiger partial charge in [-0.1, -0.05) is 17.7 Å².